The topological polar surface area (TPSA) is 57.8 Å². The van der Waals surface area contributed by atoms with Crippen LogP contribution in [0, 0.1) is 6.92 Å². The molecule has 152 valence electrons. The summed E-state index contributed by atoms with van der Waals surface area (Å²) in [5, 5.41) is 5.19. The van der Waals surface area contributed by atoms with E-state index in [0.717, 1.165) is 34.1 Å². The van der Waals surface area contributed by atoms with E-state index in [9.17, 15) is 4.79 Å². The van der Waals surface area contributed by atoms with E-state index in [-0.39, 0.29) is 5.91 Å². The third-order valence-corrected chi connectivity index (χ3v) is 5.63. The minimum absolute atomic E-state index is 0.0770. The van der Waals surface area contributed by atoms with Crippen LogP contribution >= 0.6 is 0 Å². The summed E-state index contributed by atoms with van der Waals surface area (Å²) in [7, 11) is 0. The van der Waals surface area contributed by atoms with Gasteiger partial charge in [0.25, 0.3) is 5.91 Å². The number of fused-ring (bicyclic) bond motifs is 2. The van der Waals surface area contributed by atoms with E-state index in [1.165, 1.54) is 16.5 Å². The monoisotopic (exact) mass is 405 g/mol. The minimum Gasteiger partial charge on any atom is -0.361 e. The van der Waals surface area contributed by atoms with Crippen LogP contribution in [0.3, 0.4) is 0 Å². The van der Waals surface area contributed by atoms with Crippen molar-refractivity contribution < 1.29 is 4.79 Å². The van der Waals surface area contributed by atoms with E-state index in [2.05, 4.69) is 35.4 Å². The summed E-state index contributed by atoms with van der Waals surface area (Å²) >= 11 is 0. The van der Waals surface area contributed by atoms with Crippen molar-refractivity contribution in [3.05, 3.63) is 102 Å². The second-order valence-electron chi connectivity index (χ2n) is 7.81. The fourth-order valence-corrected chi connectivity index (χ4v) is 4.03. The van der Waals surface area contributed by atoms with Crippen LogP contribution in [-0.2, 0) is 6.42 Å². The highest BCUT2D eigenvalue weighted by molar-refractivity contribution is 6.07. The quantitative estimate of drug-likeness (QED) is 0.396. The molecule has 0 aliphatic carbocycles. The fraction of sp³-hybridized carbons (Fsp3) is 0.111. The van der Waals surface area contributed by atoms with Gasteiger partial charge in [-0.15, -0.1) is 0 Å². The number of benzene rings is 3. The summed E-state index contributed by atoms with van der Waals surface area (Å²) in [6.45, 7) is 2.66. The van der Waals surface area contributed by atoms with Crippen LogP contribution < -0.4 is 5.32 Å². The molecule has 2 aromatic heterocycles. The van der Waals surface area contributed by atoms with Gasteiger partial charge in [-0.25, -0.2) is 4.98 Å². The molecule has 4 nitrogen and oxygen atoms in total. The molecule has 5 aromatic rings. The van der Waals surface area contributed by atoms with Crippen LogP contribution in [0.5, 0.6) is 0 Å². The maximum atomic E-state index is 13.1. The summed E-state index contributed by atoms with van der Waals surface area (Å²) in [6.07, 6.45) is 2.80. The Hall–Kier alpha value is -3.92. The average molecular weight is 406 g/mol. The van der Waals surface area contributed by atoms with Crippen LogP contribution in [0.25, 0.3) is 33.1 Å². The third-order valence-electron chi connectivity index (χ3n) is 5.63. The standard InChI is InChI=1S/C27H23N3O/c1-18-11-12-24-22(15-18)20(17-29-24)13-14-28-27(31)23-16-26(19-7-3-2-4-8-19)30-25-10-6-5-9-21(23)25/h2-12,15-17,29H,13-14H2,1H3,(H,28,31). The number of para-hydroxylation sites is 1. The Bertz CT molecular complexity index is 1390. The van der Waals surface area contributed by atoms with Crippen LogP contribution in [0.15, 0.2) is 85.1 Å². The van der Waals surface area contributed by atoms with Crippen molar-refractivity contribution in [1.29, 1.82) is 0 Å². The number of carbonyl (C=O) groups is 1. The van der Waals surface area contributed by atoms with E-state index >= 15 is 0 Å². The van der Waals surface area contributed by atoms with Gasteiger partial charge in [-0.3, -0.25) is 4.79 Å². The molecule has 5 rings (SSSR count). The number of hydrogen-bond donors (Lipinski definition) is 2. The Morgan fingerprint density at radius 2 is 1.74 bits per heavy atom. The molecular formula is C27H23N3O. The predicted molar refractivity (Wildman–Crippen MR) is 126 cm³/mol. The van der Waals surface area contributed by atoms with E-state index in [4.69, 9.17) is 4.98 Å². The first-order valence-corrected chi connectivity index (χ1v) is 10.5. The van der Waals surface area contributed by atoms with Crippen molar-refractivity contribution >= 4 is 27.7 Å². The van der Waals surface area contributed by atoms with Gasteiger partial charge < -0.3 is 10.3 Å². The number of amides is 1. The molecule has 0 saturated carbocycles. The number of aromatic amines is 1. The van der Waals surface area contributed by atoms with Crippen molar-refractivity contribution in [2.24, 2.45) is 0 Å². The summed E-state index contributed by atoms with van der Waals surface area (Å²) in [4.78, 5) is 21.2. The number of carbonyl (C=O) groups excluding carboxylic acids is 1. The molecule has 0 fully saturated rings. The van der Waals surface area contributed by atoms with Crippen LogP contribution in [0.1, 0.15) is 21.5 Å². The first-order chi connectivity index (χ1) is 15.2. The van der Waals surface area contributed by atoms with Gasteiger partial charge in [0.2, 0.25) is 0 Å². The van der Waals surface area contributed by atoms with Crippen LogP contribution in [0.4, 0.5) is 0 Å². The van der Waals surface area contributed by atoms with Crippen LogP contribution in [0.2, 0.25) is 0 Å². The third kappa shape index (κ3) is 3.80. The number of aromatic nitrogens is 2. The van der Waals surface area contributed by atoms with Gasteiger partial charge in [-0.2, -0.15) is 0 Å². The lowest BCUT2D eigenvalue weighted by atomic mass is 10.0. The van der Waals surface area contributed by atoms with Crippen molar-refractivity contribution in [3.8, 4) is 11.3 Å². The maximum absolute atomic E-state index is 13.1. The van der Waals surface area contributed by atoms with Crippen molar-refractivity contribution in [3.63, 3.8) is 0 Å². The van der Waals surface area contributed by atoms with E-state index < -0.39 is 0 Å². The SMILES string of the molecule is Cc1ccc2[nH]cc(CCNC(=O)c3cc(-c4ccccc4)nc4ccccc34)c2c1. The Kier molecular flexibility index (Phi) is 4.97. The molecule has 0 atom stereocenters. The first-order valence-electron chi connectivity index (χ1n) is 10.5. The molecule has 0 aliphatic rings. The molecule has 0 radical (unpaired) electrons. The molecule has 1 amide bonds. The van der Waals surface area contributed by atoms with Gasteiger partial charge in [0.15, 0.2) is 0 Å². The zero-order chi connectivity index (χ0) is 21.2. The number of nitrogens with one attached hydrogen (secondary N) is 2. The molecular weight excluding hydrogens is 382 g/mol. The molecule has 2 heterocycles. The largest absolute Gasteiger partial charge is 0.361 e. The molecule has 0 saturated heterocycles. The summed E-state index contributed by atoms with van der Waals surface area (Å²) in [5.74, 6) is -0.0770. The van der Waals surface area contributed by atoms with Gasteiger partial charge in [0, 0.05) is 34.6 Å². The highest BCUT2D eigenvalue weighted by Crippen LogP contribution is 2.25. The number of nitrogens with zero attached hydrogens (tertiary/aromatic N) is 1. The Morgan fingerprint density at radius 1 is 0.935 bits per heavy atom. The average Bonchev–Trinajstić information content (AvgIpc) is 3.20. The predicted octanol–water partition coefficient (Wildman–Crippen LogP) is 5.66. The number of H-pyrrole nitrogens is 1. The molecule has 31 heavy (non-hydrogen) atoms. The van der Waals surface area contributed by atoms with E-state index in [1.807, 2.05) is 66.9 Å². The van der Waals surface area contributed by atoms with Crippen molar-refractivity contribution in [2.45, 2.75) is 13.3 Å². The molecule has 2 N–H and O–H groups in total. The lowest BCUT2D eigenvalue weighted by molar-refractivity contribution is 0.0956. The minimum atomic E-state index is -0.0770. The molecule has 0 bridgehead atoms. The van der Waals surface area contributed by atoms with Gasteiger partial charge in [-0.05, 0) is 43.2 Å². The normalized spacial score (nSPS) is 11.1. The zero-order valence-corrected chi connectivity index (χ0v) is 17.4. The maximum Gasteiger partial charge on any atom is 0.252 e. The molecule has 0 spiro atoms. The van der Waals surface area contributed by atoms with E-state index in [0.29, 0.717) is 12.1 Å². The lowest BCUT2D eigenvalue weighted by Gasteiger charge is -2.11. The van der Waals surface area contributed by atoms with Crippen molar-refractivity contribution in [1.82, 2.24) is 15.3 Å². The Morgan fingerprint density at radius 3 is 2.61 bits per heavy atom. The van der Waals surface area contributed by atoms with Crippen LogP contribution in [-0.4, -0.2) is 22.4 Å². The summed E-state index contributed by atoms with van der Waals surface area (Å²) < 4.78 is 0. The van der Waals surface area contributed by atoms with Gasteiger partial charge in [-0.1, -0.05) is 60.2 Å². The first kappa shape index (κ1) is 19.1. The molecule has 0 aliphatic heterocycles. The zero-order valence-electron chi connectivity index (χ0n) is 17.4. The fourth-order valence-electron chi connectivity index (χ4n) is 4.03. The molecule has 0 unspecified atom stereocenters. The number of rotatable bonds is 5. The Labute approximate surface area is 181 Å². The lowest BCUT2D eigenvalue weighted by Crippen LogP contribution is -2.26. The van der Waals surface area contributed by atoms with Crippen molar-refractivity contribution in [2.75, 3.05) is 6.54 Å². The van der Waals surface area contributed by atoms with E-state index in [1.54, 1.807) is 0 Å². The smallest absolute Gasteiger partial charge is 0.252 e. The highest BCUT2D eigenvalue weighted by Gasteiger charge is 2.14. The second kappa shape index (κ2) is 8.07. The Balaban J connectivity index is 1.40. The van der Waals surface area contributed by atoms with Gasteiger partial charge >= 0.3 is 0 Å². The number of aryl methyl sites for hydroxylation is 1. The number of pyridine rings is 1. The summed E-state index contributed by atoms with van der Waals surface area (Å²) in [6, 6.07) is 26.0. The molecule has 3 aromatic carbocycles. The van der Waals surface area contributed by atoms with Gasteiger partial charge in [0.05, 0.1) is 16.8 Å². The van der Waals surface area contributed by atoms with Gasteiger partial charge in [0.1, 0.15) is 0 Å². The second-order valence-corrected chi connectivity index (χ2v) is 7.81. The highest BCUT2D eigenvalue weighted by atomic mass is 16.1. The molecule has 4 heteroatoms. The number of hydrogen-bond acceptors (Lipinski definition) is 2. The summed E-state index contributed by atoms with van der Waals surface area (Å²) in [5.41, 5.74) is 6.84.